The zero-order valence-electron chi connectivity index (χ0n) is 14.9. The summed E-state index contributed by atoms with van der Waals surface area (Å²) in [5, 5.41) is 12.4. The normalized spacial score (nSPS) is 15.2. The molecule has 0 spiro atoms. The summed E-state index contributed by atoms with van der Waals surface area (Å²) in [5.74, 6) is 0.387. The summed E-state index contributed by atoms with van der Waals surface area (Å²) < 4.78 is 0. The van der Waals surface area contributed by atoms with Crippen molar-refractivity contribution in [3.63, 3.8) is 0 Å². The first-order chi connectivity index (χ1) is 13.1. The molecule has 1 saturated heterocycles. The molecule has 27 heavy (non-hydrogen) atoms. The fourth-order valence-corrected chi connectivity index (χ4v) is 3.98. The Kier molecular flexibility index (Phi) is 4.62. The van der Waals surface area contributed by atoms with Crippen molar-refractivity contribution in [2.24, 2.45) is 0 Å². The average molecular weight is 363 g/mol. The summed E-state index contributed by atoms with van der Waals surface area (Å²) >= 11 is 0. The van der Waals surface area contributed by atoms with Crippen LogP contribution in [0.5, 0.6) is 0 Å². The van der Waals surface area contributed by atoms with Gasteiger partial charge in [-0.15, -0.1) is 0 Å². The van der Waals surface area contributed by atoms with Gasteiger partial charge in [-0.25, -0.2) is 0 Å². The van der Waals surface area contributed by atoms with Crippen LogP contribution in [0.15, 0.2) is 54.7 Å². The van der Waals surface area contributed by atoms with Gasteiger partial charge in [-0.05, 0) is 30.4 Å². The van der Waals surface area contributed by atoms with Crippen molar-refractivity contribution in [1.29, 1.82) is 0 Å². The number of para-hydroxylation sites is 2. The number of nitro groups is 1. The Morgan fingerprint density at radius 1 is 1.11 bits per heavy atom. The standard InChI is InChI=1S/C21H21N3O3/c25-21(13-16-5-1-4-8-20(16)24(26)27)23-11-9-15(10-12-23)18-14-22-19-7-3-2-6-17(18)19/h1-8,14-15,22H,9-13H2. The number of aromatic amines is 1. The molecule has 6 nitrogen and oxygen atoms in total. The first-order valence-electron chi connectivity index (χ1n) is 9.19. The van der Waals surface area contributed by atoms with E-state index in [-0.39, 0.29) is 18.0 Å². The van der Waals surface area contributed by atoms with E-state index in [1.54, 1.807) is 18.2 Å². The lowest BCUT2D eigenvalue weighted by molar-refractivity contribution is -0.385. The summed E-state index contributed by atoms with van der Waals surface area (Å²) in [4.78, 5) is 28.5. The minimum Gasteiger partial charge on any atom is -0.361 e. The van der Waals surface area contributed by atoms with Crippen molar-refractivity contribution in [3.8, 4) is 0 Å². The Bertz CT molecular complexity index is 987. The quantitative estimate of drug-likeness (QED) is 0.561. The molecule has 138 valence electrons. The summed E-state index contributed by atoms with van der Waals surface area (Å²) in [6.07, 6.45) is 3.98. The highest BCUT2D eigenvalue weighted by Gasteiger charge is 2.26. The predicted octanol–water partition coefficient (Wildman–Crippen LogP) is 4.02. The van der Waals surface area contributed by atoms with E-state index < -0.39 is 4.92 Å². The number of fused-ring (bicyclic) bond motifs is 1. The van der Waals surface area contributed by atoms with Gasteiger partial charge in [0.15, 0.2) is 0 Å². The number of hydrogen-bond donors (Lipinski definition) is 1. The molecule has 1 aromatic heterocycles. The number of nitrogens with one attached hydrogen (secondary N) is 1. The van der Waals surface area contributed by atoms with E-state index in [2.05, 4.69) is 23.3 Å². The van der Waals surface area contributed by atoms with E-state index in [9.17, 15) is 14.9 Å². The maximum atomic E-state index is 12.6. The van der Waals surface area contributed by atoms with Gasteiger partial charge in [0.1, 0.15) is 0 Å². The molecule has 0 atom stereocenters. The zero-order valence-corrected chi connectivity index (χ0v) is 14.9. The molecule has 0 saturated carbocycles. The Balaban J connectivity index is 1.42. The third-order valence-electron chi connectivity index (χ3n) is 5.44. The van der Waals surface area contributed by atoms with Crippen molar-refractivity contribution in [2.45, 2.75) is 25.2 Å². The third-order valence-corrected chi connectivity index (χ3v) is 5.44. The minimum atomic E-state index is -0.425. The topological polar surface area (TPSA) is 79.2 Å². The molecule has 1 aliphatic rings. The van der Waals surface area contributed by atoms with Gasteiger partial charge in [0.2, 0.25) is 5.91 Å². The van der Waals surface area contributed by atoms with Crippen LogP contribution >= 0.6 is 0 Å². The second-order valence-corrected chi connectivity index (χ2v) is 7.01. The van der Waals surface area contributed by atoms with Gasteiger partial charge < -0.3 is 9.88 Å². The van der Waals surface area contributed by atoms with Crippen molar-refractivity contribution in [2.75, 3.05) is 13.1 Å². The fourth-order valence-electron chi connectivity index (χ4n) is 3.98. The molecule has 6 heteroatoms. The third kappa shape index (κ3) is 3.43. The highest BCUT2D eigenvalue weighted by molar-refractivity contribution is 5.84. The van der Waals surface area contributed by atoms with E-state index in [1.807, 2.05) is 17.0 Å². The van der Waals surface area contributed by atoms with Crippen molar-refractivity contribution < 1.29 is 9.72 Å². The summed E-state index contributed by atoms with van der Waals surface area (Å²) in [6, 6.07) is 14.7. The number of nitro benzene ring substituents is 1. The Morgan fingerprint density at radius 3 is 2.59 bits per heavy atom. The first-order valence-corrected chi connectivity index (χ1v) is 9.19. The summed E-state index contributed by atoms with van der Waals surface area (Å²) in [6.45, 7) is 1.37. The van der Waals surface area contributed by atoms with Gasteiger partial charge in [-0.3, -0.25) is 14.9 Å². The lowest BCUT2D eigenvalue weighted by Crippen LogP contribution is -2.38. The molecule has 3 aromatic rings. The zero-order chi connectivity index (χ0) is 18.8. The van der Waals surface area contributed by atoms with Crippen LogP contribution in [0.25, 0.3) is 10.9 Å². The van der Waals surface area contributed by atoms with Crippen molar-refractivity contribution in [1.82, 2.24) is 9.88 Å². The van der Waals surface area contributed by atoms with E-state index in [0.29, 0.717) is 24.6 Å². The lowest BCUT2D eigenvalue weighted by Gasteiger charge is -2.32. The number of H-pyrrole nitrogens is 1. The molecular weight excluding hydrogens is 342 g/mol. The van der Waals surface area contributed by atoms with E-state index >= 15 is 0 Å². The molecule has 2 aromatic carbocycles. The predicted molar refractivity (Wildman–Crippen MR) is 104 cm³/mol. The van der Waals surface area contributed by atoms with Gasteiger partial charge in [0.25, 0.3) is 5.69 Å². The van der Waals surface area contributed by atoms with E-state index in [4.69, 9.17) is 0 Å². The number of nitrogens with zero attached hydrogens (tertiary/aromatic N) is 2. The number of piperidine rings is 1. The van der Waals surface area contributed by atoms with Crippen LogP contribution in [-0.2, 0) is 11.2 Å². The second kappa shape index (κ2) is 7.23. The highest BCUT2D eigenvalue weighted by atomic mass is 16.6. The molecule has 0 aliphatic carbocycles. The van der Waals surface area contributed by atoms with Crippen LogP contribution in [0.4, 0.5) is 5.69 Å². The number of carbonyl (C=O) groups excluding carboxylic acids is 1. The molecule has 1 amide bonds. The number of benzene rings is 2. The highest BCUT2D eigenvalue weighted by Crippen LogP contribution is 2.33. The smallest absolute Gasteiger partial charge is 0.273 e. The van der Waals surface area contributed by atoms with Gasteiger partial charge in [0.05, 0.1) is 11.3 Å². The van der Waals surface area contributed by atoms with Gasteiger partial charge in [-0.1, -0.05) is 36.4 Å². The number of rotatable bonds is 4. The maximum Gasteiger partial charge on any atom is 0.273 e. The Labute approximate surface area is 157 Å². The molecule has 1 aliphatic heterocycles. The SMILES string of the molecule is O=C(Cc1ccccc1[N+](=O)[O-])N1CCC(c2c[nH]c3ccccc23)CC1. The van der Waals surface area contributed by atoms with E-state index in [0.717, 1.165) is 18.4 Å². The first kappa shape index (κ1) is 17.3. The molecule has 0 unspecified atom stereocenters. The second-order valence-electron chi connectivity index (χ2n) is 7.01. The molecule has 1 N–H and O–H groups in total. The summed E-state index contributed by atoms with van der Waals surface area (Å²) in [7, 11) is 0. The minimum absolute atomic E-state index is 0.0135. The average Bonchev–Trinajstić information content (AvgIpc) is 3.12. The molecular formula is C21H21N3O3. The molecule has 2 heterocycles. The molecule has 1 fully saturated rings. The van der Waals surface area contributed by atoms with Gasteiger partial charge in [-0.2, -0.15) is 0 Å². The van der Waals surface area contributed by atoms with Crippen molar-refractivity contribution >= 4 is 22.5 Å². The van der Waals surface area contributed by atoms with Gasteiger partial charge >= 0.3 is 0 Å². The van der Waals surface area contributed by atoms with Crippen LogP contribution in [0.3, 0.4) is 0 Å². The fraction of sp³-hybridized carbons (Fsp3) is 0.286. The van der Waals surface area contributed by atoms with Crippen LogP contribution < -0.4 is 0 Å². The lowest BCUT2D eigenvalue weighted by atomic mass is 9.89. The number of amides is 1. The monoisotopic (exact) mass is 363 g/mol. The summed E-state index contributed by atoms with van der Waals surface area (Å²) in [5.41, 5.74) is 2.95. The van der Waals surface area contributed by atoms with Crippen LogP contribution in [0, 0.1) is 10.1 Å². The number of carbonyl (C=O) groups is 1. The Hall–Kier alpha value is -3.15. The van der Waals surface area contributed by atoms with Crippen LogP contribution in [-0.4, -0.2) is 33.8 Å². The maximum absolute atomic E-state index is 12.6. The molecule has 4 rings (SSSR count). The van der Waals surface area contributed by atoms with E-state index in [1.165, 1.54) is 17.0 Å². The van der Waals surface area contributed by atoms with Gasteiger partial charge in [0, 0.05) is 41.8 Å². The Morgan fingerprint density at radius 2 is 1.81 bits per heavy atom. The largest absolute Gasteiger partial charge is 0.361 e. The number of likely N-dealkylation sites (tertiary alicyclic amines) is 1. The number of hydrogen-bond acceptors (Lipinski definition) is 3. The van der Waals surface area contributed by atoms with Crippen molar-refractivity contribution in [3.05, 3.63) is 76.0 Å². The molecule has 0 bridgehead atoms. The van der Waals surface area contributed by atoms with Crippen LogP contribution in [0.1, 0.15) is 29.9 Å². The number of aromatic nitrogens is 1. The molecule has 0 radical (unpaired) electrons. The van der Waals surface area contributed by atoms with Crippen LogP contribution in [0.2, 0.25) is 0 Å².